The zero-order chi connectivity index (χ0) is 20.2. The number of nitrogens with one attached hydrogen (secondary N) is 1. The van der Waals surface area contributed by atoms with Crippen molar-refractivity contribution in [1.29, 1.82) is 0 Å². The van der Waals surface area contributed by atoms with Gasteiger partial charge in [0.25, 0.3) is 5.91 Å². The van der Waals surface area contributed by atoms with Gasteiger partial charge in [0.1, 0.15) is 5.82 Å². The molecule has 1 N–H and O–H groups in total. The van der Waals surface area contributed by atoms with E-state index in [-0.39, 0.29) is 5.91 Å². The first-order valence-corrected chi connectivity index (χ1v) is 9.89. The number of anilines is 2. The molecular formula is C21H25N7O. The Morgan fingerprint density at radius 1 is 1.03 bits per heavy atom. The van der Waals surface area contributed by atoms with Gasteiger partial charge in [-0.15, -0.1) is 10.2 Å². The maximum Gasteiger partial charge on any atom is 0.257 e. The number of rotatable bonds is 5. The summed E-state index contributed by atoms with van der Waals surface area (Å²) >= 11 is 0. The number of amides is 1. The summed E-state index contributed by atoms with van der Waals surface area (Å²) in [5, 5.41) is 16.1. The lowest BCUT2D eigenvalue weighted by Gasteiger charge is -2.35. The molecule has 1 aliphatic rings. The van der Waals surface area contributed by atoms with Crippen LogP contribution in [0.15, 0.2) is 48.7 Å². The molecule has 3 aromatic rings. The first-order valence-electron chi connectivity index (χ1n) is 9.89. The van der Waals surface area contributed by atoms with Gasteiger partial charge >= 0.3 is 0 Å². The number of piperazine rings is 1. The third-order valence-corrected chi connectivity index (χ3v) is 5.14. The van der Waals surface area contributed by atoms with Gasteiger partial charge in [-0.25, -0.2) is 4.68 Å². The van der Waals surface area contributed by atoms with Gasteiger partial charge in [-0.1, -0.05) is 18.2 Å². The van der Waals surface area contributed by atoms with Crippen LogP contribution in [-0.4, -0.2) is 63.5 Å². The van der Waals surface area contributed by atoms with Crippen LogP contribution in [0.3, 0.4) is 0 Å². The number of carbonyl (C=O) groups is 1. The Bertz CT molecular complexity index is 960. The first kappa shape index (κ1) is 18.9. The van der Waals surface area contributed by atoms with Crippen molar-refractivity contribution in [2.24, 2.45) is 0 Å². The van der Waals surface area contributed by atoms with Crippen molar-refractivity contribution in [3.05, 3.63) is 59.9 Å². The highest BCUT2D eigenvalue weighted by molar-refractivity contribution is 5.95. The molecule has 1 aliphatic heterocycles. The second kappa shape index (κ2) is 8.30. The van der Waals surface area contributed by atoms with Gasteiger partial charge < -0.3 is 15.1 Å². The summed E-state index contributed by atoms with van der Waals surface area (Å²) in [6.45, 7) is 7.52. The molecule has 0 radical (unpaired) electrons. The predicted molar refractivity (Wildman–Crippen MR) is 113 cm³/mol. The molecule has 0 bridgehead atoms. The summed E-state index contributed by atoms with van der Waals surface area (Å²) in [4.78, 5) is 17.1. The molecular weight excluding hydrogens is 366 g/mol. The van der Waals surface area contributed by atoms with Gasteiger partial charge in [0.15, 0.2) is 5.82 Å². The highest BCUT2D eigenvalue weighted by atomic mass is 16.2. The summed E-state index contributed by atoms with van der Waals surface area (Å²) in [5.74, 6) is 1.64. The van der Waals surface area contributed by atoms with Crippen molar-refractivity contribution in [1.82, 2.24) is 24.9 Å². The Hall–Kier alpha value is -3.42. The average molecular weight is 391 g/mol. The van der Waals surface area contributed by atoms with Crippen molar-refractivity contribution in [3.8, 4) is 5.69 Å². The molecule has 150 valence electrons. The van der Waals surface area contributed by atoms with E-state index < -0.39 is 0 Å². The average Bonchev–Trinajstić information content (AvgIpc) is 3.16. The number of aromatic nitrogens is 4. The highest BCUT2D eigenvalue weighted by Gasteiger charge is 2.25. The second-order valence-corrected chi connectivity index (χ2v) is 6.98. The molecule has 1 amide bonds. The fourth-order valence-electron chi connectivity index (χ4n) is 3.53. The lowest BCUT2D eigenvalue weighted by Crippen LogP contribution is -2.49. The van der Waals surface area contributed by atoms with E-state index in [1.165, 1.54) is 0 Å². The van der Waals surface area contributed by atoms with Crippen LogP contribution in [0.5, 0.6) is 0 Å². The molecule has 8 heteroatoms. The molecule has 1 aromatic carbocycles. The van der Waals surface area contributed by atoms with E-state index >= 15 is 0 Å². The number of hydrogen-bond donors (Lipinski definition) is 1. The summed E-state index contributed by atoms with van der Waals surface area (Å²) in [6.07, 6.45) is 1.67. The maximum atomic E-state index is 13.0. The summed E-state index contributed by atoms with van der Waals surface area (Å²) < 4.78 is 1.81. The molecule has 0 atom stereocenters. The zero-order valence-corrected chi connectivity index (χ0v) is 16.7. The van der Waals surface area contributed by atoms with E-state index in [1.54, 1.807) is 6.20 Å². The number of benzene rings is 1. The van der Waals surface area contributed by atoms with Gasteiger partial charge in [0.05, 0.1) is 23.1 Å². The van der Waals surface area contributed by atoms with Crippen molar-refractivity contribution in [3.63, 3.8) is 0 Å². The van der Waals surface area contributed by atoms with Crippen molar-refractivity contribution >= 4 is 17.5 Å². The van der Waals surface area contributed by atoms with Crippen LogP contribution in [0.1, 0.15) is 23.0 Å². The maximum absolute atomic E-state index is 13.0. The number of carbonyl (C=O) groups excluding carboxylic acids is 1. The van der Waals surface area contributed by atoms with E-state index in [0.29, 0.717) is 18.7 Å². The number of para-hydroxylation sites is 1. The fourth-order valence-corrected chi connectivity index (χ4v) is 3.53. The SMILES string of the molecule is CCNc1ccc(N2CCN(C(=O)c3cnn(-c4ccccc4)c3C)CC2)nn1. The van der Waals surface area contributed by atoms with E-state index in [4.69, 9.17) is 0 Å². The molecule has 0 spiro atoms. The third-order valence-electron chi connectivity index (χ3n) is 5.14. The molecule has 1 saturated heterocycles. The molecule has 3 heterocycles. The van der Waals surface area contributed by atoms with Crippen molar-refractivity contribution < 1.29 is 4.79 Å². The lowest BCUT2D eigenvalue weighted by atomic mass is 10.2. The van der Waals surface area contributed by atoms with Crippen LogP contribution in [0.25, 0.3) is 5.69 Å². The van der Waals surface area contributed by atoms with Crippen molar-refractivity contribution in [2.75, 3.05) is 42.9 Å². The van der Waals surface area contributed by atoms with E-state index in [9.17, 15) is 4.79 Å². The minimum Gasteiger partial charge on any atom is -0.369 e. The Labute approximate surface area is 170 Å². The topological polar surface area (TPSA) is 79.2 Å². The van der Waals surface area contributed by atoms with Gasteiger partial charge in [0.2, 0.25) is 0 Å². The molecule has 1 fully saturated rings. The predicted octanol–water partition coefficient (Wildman–Crippen LogP) is 2.36. The van der Waals surface area contributed by atoms with Crippen molar-refractivity contribution in [2.45, 2.75) is 13.8 Å². The van der Waals surface area contributed by atoms with Crippen LogP contribution in [-0.2, 0) is 0 Å². The quantitative estimate of drug-likeness (QED) is 0.719. The van der Waals surface area contributed by atoms with E-state index in [1.807, 2.05) is 65.9 Å². The van der Waals surface area contributed by atoms with Gasteiger partial charge in [-0.05, 0) is 38.1 Å². The molecule has 0 saturated carbocycles. The standard InChI is InChI=1S/C21H25N7O/c1-3-22-19-9-10-20(25-24-19)26-11-13-27(14-12-26)21(29)18-15-23-28(16(18)2)17-7-5-4-6-8-17/h4-10,15H,3,11-14H2,1-2H3,(H,22,24). The summed E-state index contributed by atoms with van der Waals surface area (Å²) in [5.41, 5.74) is 2.46. The molecule has 2 aromatic heterocycles. The normalized spacial score (nSPS) is 14.1. The molecule has 4 rings (SSSR count). The monoisotopic (exact) mass is 391 g/mol. The second-order valence-electron chi connectivity index (χ2n) is 6.98. The molecule has 0 unspecified atom stereocenters. The zero-order valence-electron chi connectivity index (χ0n) is 16.7. The smallest absolute Gasteiger partial charge is 0.257 e. The Kier molecular flexibility index (Phi) is 5.41. The Morgan fingerprint density at radius 3 is 2.45 bits per heavy atom. The number of hydrogen-bond acceptors (Lipinski definition) is 6. The Balaban J connectivity index is 1.41. The molecule has 0 aliphatic carbocycles. The van der Waals surface area contributed by atoms with Crippen LogP contribution in [0, 0.1) is 6.92 Å². The summed E-state index contributed by atoms with van der Waals surface area (Å²) in [6, 6.07) is 13.8. The van der Waals surface area contributed by atoms with Gasteiger partial charge in [-0.2, -0.15) is 5.10 Å². The van der Waals surface area contributed by atoms with E-state index in [2.05, 4.69) is 25.5 Å². The minimum absolute atomic E-state index is 0.0258. The van der Waals surface area contributed by atoms with E-state index in [0.717, 1.165) is 42.7 Å². The van der Waals surface area contributed by atoms with Crippen LogP contribution >= 0.6 is 0 Å². The largest absolute Gasteiger partial charge is 0.369 e. The third kappa shape index (κ3) is 3.91. The van der Waals surface area contributed by atoms with Gasteiger partial charge in [-0.3, -0.25) is 4.79 Å². The molecule has 29 heavy (non-hydrogen) atoms. The minimum atomic E-state index is 0.0258. The number of nitrogens with zero attached hydrogens (tertiary/aromatic N) is 6. The Morgan fingerprint density at radius 2 is 1.79 bits per heavy atom. The van der Waals surface area contributed by atoms with Gasteiger partial charge in [0, 0.05) is 32.7 Å². The van der Waals surface area contributed by atoms with Crippen LogP contribution in [0.2, 0.25) is 0 Å². The summed E-state index contributed by atoms with van der Waals surface area (Å²) in [7, 11) is 0. The van der Waals surface area contributed by atoms with Crippen LogP contribution < -0.4 is 10.2 Å². The molecule has 8 nitrogen and oxygen atoms in total. The highest BCUT2D eigenvalue weighted by Crippen LogP contribution is 2.19. The first-order chi connectivity index (χ1) is 14.2. The van der Waals surface area contributed by atoms with Crippen LogP contribution in [0.4, 0.5) is 11.6 Å². The fraction of sp³-hybridized carbons (Fsp3) is 0.333. The lowest BCUT2D eigenvalue weighted by molar-refractivity contribution is 0.0745.